The molecule has 0 heterocycles. The second kappa shape index (κ2) is 14.4. The lowest BCUT2D eigenvalue weighted by Crippen LogP contribution is -2.32. The summed E-state index contributed by atoms with van der Waals surface area (Å²) in [5.74, 6) is -0.822. The third-order valence-corrected chi connectivity index (χ3v) is 5.43. The smallest absolute Gasteiger partial charge is 0.329 e. The highest BCUT2D eigenvalue weighted by atomic mass is 35.5. The molecule has 0 fully saturated rings. The number of rotatable bonds is 11. The molecule has 10 nitrogen and oxygen atoms in total. The minimum atomic E-state index is -0.939. The normalized spacial score (nSPS) is 10.6. The van der Waals surface area contributed by atoms with Crippen molar-refractivity contribution in [3.8, 4) is 17.2 Å². The highest BCUT2D eigenvalue weighted by Crippen LogP contribution is 2.28. The summed E-state index contributed by atoms with van der Waals surface area (Å²) in [7, 11) is 1.45. The molecular formula is C28H29ClN4O6. The second-order valence-corrected chi connectivity index (χ2v) is 8.67. The molecule has 39 heavy (non-hydrogen) atoms. The fourth-order valence-electron chi connectivity index (χ4n) is 3.20. The number of hydrazone groups is 1. The Bertz CT molecular complexity index is 1340. The molecule has 0 saturated heterocycles. The number of hydrogen-bond donors (Lipinski definition) is 3. The van der Waals surface area contributed by atoms with Crippen molar-refractivity contribution in [2.75, 3.05) is 31.0 Å². The molecule has 0 aliphatic carbocycles. The number of carbonyl (C=O) groups is 3. The summed E-state index contributed by atoms with van der Waals surface area (Å²) in [5.41, 5.74) is 4.64. The van der Waals surface area contributed by atoms with Gasteiger partial charge in [-0.2, -0.15) is 5.10 Å². The van der Waals surface area contributed by atoms with Gasteiger partial charge in [-0.3, -0.25) is 14.4 Å². The summed E-state index contributed by atoms with van der Waals surface area (Å²) < 4.78 is 16.4. The van der Waals surface area contributed by atoms with Crippen LogP contribution in [0.15, 0.2) is 65.8 Å². The van der Waals surface area contributed by atoms with E-state index in [0.717, 1.165) is 12.0 Å². The first-order chi connectivity index (χ1) is 18.8. The van der Waals surface area contributed by atoms with Gasteiger partial charge in [-0.05, 0) is 79.1 Å². The van der Waals surface area contributed by atoms with Crippen LogP contribution in [0.1, 0.15) is 24.5 Å². The second-order valence-electron chi connectivity index (χ2n) is 8.23. The van der Waals surface area contributed by atoms with E-state index in [1.165, 1.54) is 13.3 Å². The first-order valence-corrected chi connectivity index (χ1v) is 12.4. The Hall–Kier alpha value is -4.57. The number of nitrogens with zero attached hydrogens (tertiary/aromatic N) is 1. The lowest BCUT2D eigenvalue weighted by atomic mass is 10.2. The van der Waals surface area contributed by atoms with Crippen molar-refractivity contribution >= 4 is 46.9 Å². The molecule has 0 unspecified atom stereocenters. The molecule has 3 aromatic rings. The number of amides is 3. The van der Waals surface area contributed by atoms with Crippen LogP contribution in [0.5, 0.6) is 17.2 Å². The van der Waals surface area contributed by atoms with Gasteiger partial charge in [-0.1, -0.05) is 24.6 Å². The molecule has 3 aromatic carbocycles. The summed E-state index contributed by atoms with van der Waals surface area (Å²) in [6.45, 7) is 4.20. The van der Waals surface area contributed by atoms with Gasteiger partial charge in [0.15, 0.2) is 18.1 Å². The van der Waals surface area contributed by atoms with Crippen molar-refractivity contribution in [2.24, 2.45) is 5.10 Å². The number of carbonyl (C=O) groups excluding carboxylic acids is 3. The van der Waals surface area contributed by atoms with Crippen LogP contribution in [0.25, 0.3) is 0 Å². The van der Waals surface area contributed by atoms with Gasteiger partial charge in [0.05, 0.1) is 19.9 Å². The number of hydrogen-bond acceptors (Lipinski definition) is 7. The zero-order valence-electron chi connectivity index (χ0n) is 21.7. The molecule has 0 atom stereocenters. The Balaban J connectivity index is 1.50. The predicted octanol–water partition coefficient (Wildman–Crippen LogP) is 4.55. The zero-order chi connectivity index (χ0) is 28.2. The predicted molar refractivity (Wildman–Crippen MR) is 150 cm³/mol. The van der Waals surface area contributed by atoms with E-state index in [1.54, 1.807) is 60.7 Å². The van der Waals surface area contributed by atoms with Gasteiger partial charge in [0.25, 0.3) is 5.91 Å². The lowest BCUT2D eigenvalue weighted by Gasteiger charge is -2.12. The maximum atomic E-state index is 12.3. The molecule has 3 amide bonds. The Morgan fingerprint density at radius 2 is 1.69 bits per heavy atom. The van der Waals surface area contributed by atoms with E-state index in [9.17, 15) is 14.4 Å². The molecule has 0 bridgehead atoms. The molecule has 204 valence electrons. The molecule has 0 aliphatic rings. The summed E-state index contributed by atoms with van der Waals surface area (Å²) in [6.07, 6.45) is 2.22. The van der Waals surface area contributed by atoms with E-state index in [2.05, 4.69) is 21.2 Å². The number of anilines is 2. The Kier molecular flexibility index (Phi) is 10.7. The quantitative estimate of drug-likeness (QED) is 0.182. The highest BCUT2D eigenvalue weighted by Gasteiger charge is 2.13. The van der Waals surface area contributed by atoms with Crippen LogP contribution < -0.4 is 30.3 Å². The number of benzene rings is 3. The van der Waals surface area contributed by atoms with Crippen LogP contribution in [-0.4, -0.2) is 44.3 Å². The molecule has 3 N–H and O–H groups in total. The van der Waals surface area contributed by atoms with Gasteiger partial charge in [0.2, 0.25) is 0 Å². The third kappa shape index (κ3) is 9.04. The van der Waals surface area contributed by atoms with E-state index in [4.69, 9.17) is 25.8 Å². The van der Waals surface area contributed by atoms with Gasteiger partial charge < -0.3 is 24.8 Å². The van der Waals surface area contributed by atoms with Crippen LogP contribution in [-0.2, 0) is 14.4 Å². The van der Waals surface area contributed by atoms with Crippen molar-refractivity contribution in [1.82, 2.24) is 5.43 Å². The largest absolute Gasteiger partial charge is 0.494 e. The topological polar surface area (TPSA) is 127 Å². The fraction of sp³-hybridized carbons (Fsp3) is 0.214. The maximum absolute atomic E-state index is 12.3. The molecule has 0 saturated carbocycles. The highest BCUT2D eigenvalue weighted by molar-refractivity contribution is 6.39. The summed E-state index contributed by atoms with van der Waals surface area (Å²) in [4.78, 5) is 36.5. The van der Waals surface area contributed by atoms with Gasteiger partial charge in [0, 0.05) is 16.4 Å². The van der Waals surface area contributed by atoms with E-state index < -0.39 is 11.8 Å². The van der Waals surface area contributed by atoms with Gasteiger partial charge in [-0.15, -0.1) is 0 Å². The SMILES string of the molecule is CCCOc1ccc(NC(=O)C(=O)N/N=C\c2ccc(OCC(=O)Nc3cc(Cl)ccc3C)c(OC)c2)cc1. The van der Waals surface area contributed by atoms with Crippen LogP contribution in [0.3, 0.4) is 0 Å². The summed E-state index contributed by atoms with van der Waals surface area (Å²) in [5, 5.41) is 9.57. The van der Waals surface area contributed by atoms with Crippen molar-refractivity contribution in [3.63, 3.8) is 0 Å². The lowest BCUT2D eigenvalue weighted by molar-refractivity contribution is -0.136. The molecule has 11 heteroatoms. The summed E-state index contributed by atoms with van der Waals surface area (Å²) >= 11 is 5.99. The van der Waals surface area contributed by atoms with E-state index >= 15 is 0 Å². The Morgan fingerprint density at radius 1 is 0.923 bits per heavy atom. The number of nitrogens with one attached hydrogen (secondary N) is 3. The minimum Gasteiger partial charge on any atom is -0.494 e. The van der Waals surface area contributed by atoms with E-state index in [1.807, 2.05) is 13.8 Å². The van der Waals surface area contributed by atoms with Crippen molar-refractivity contribution in [3.05, 3.63) is 76.8 Å². The zero-order valence-corrected chi connectivity index (χ0v) is 22.5. The Labute approximate surface area is 231 Å². The van der Waals surface area contributed by atoms with Crippen LogP contribution in [0.2, 0.25) is 5.02 Å². The first-order valence-electron chi connectivity index (χ1n) is 12.0. The monoisotopic (exact) mass is 552 g/mol. The average Bonchev–Trinajstić information content (AvgIpc) is 2.93. The van der Waals surface area contributed by atoms with Gasteiger partial charge in [0.1, 0.15) is 5.75 Å². The molecule has 0 aromatic heterocycles. The standard InChI is InChI=1S/C28H29ClN4O6/c1-4-13-38-22-10-8-21(9-11-22)31-27(35)28(36)33-30-16-19-6-12-24(25(14-19)37-3)39-17-26(34)32-23-15-20(29)7-5-18(23)2/h5-12,14-16H,4,13,17H2,1-3H3,(H,31,35)(H,32,34)(H,33,36)/b30-16-. The van der Waals surface area contributed by atoms with Crippen molar-refractivity contribution < 1.29 is 28.6 Å². The van der Waals surface area contributed by atoms with Crippen molar-refractivity contribution in [1.29, 1.82) is 0 Å². The number of halogens is 1. The average molecular weight is 553 g/mol. The van der Waals surface area contributed by atoms with E-state index in [0.29, 0.717) is 45.8 Å². The summed E-state index contributed by atoms with van der Waals surface area (Å²) in [6, 6.07) is 16.7. The first kappa shape index (κ1) is 29.0. The minimum absolute atomic E-state index is 0.255. The number of methoxy groups -OCH3 is 1. The van der Waals surface area contributed by atoms with E-state index in [-0.39, 0.29) is 12.5 Å². The molecule has 0 spiro atoms. The van der Waals surface area contributed by atoms with Gasteiger partial charge in [-0.25, -0.2) is 5.43 Å². The maximum Gasteiger partial charge on any atom is 0.329 e. The molecular weight excluding hydrogens is 524 g/mol. The van der Waals surface area contributed by atoms with Crippen LogP contribution in [0, 0.1) is 6.92 Å². The number of aryl methyl sites for hydroxylation is 1. The van der Waals surface area contributed by atoms with Gasteiger partial charge >= 0.3 is 11.8 Å². The van der Waals surface area contributed by atoms with Crippen LogP contribution >= 0.6 is 11.6 Å². The van der Waals surface area contributed by atoms with Crippen LogP contribution in [0.4, 0.5) is 11.4 Å². The molecule has 0 aliphatic heterocycles. The van der Waals surface area contributed by atoms with Crippen molar-refractivity contribution in [2.45, 2.75) is 20.3 Å². The molecule has 3 rings (SSSR count). The Morgan fingerprint density at radius 3 is 2.41 bits per heavy atom. The number of ether oxygens (including phenoxy) is 3. The fourth-order valence-corrected chi connectivity index (χ4v) is 3.37. The molecule has 0 radical (unpaired) electrons. The third-order valence-electron chi connectivity index (χ3n) is 5.19.